The van der Waals surface area contributed by atoms with Crippen molar-refractivity contribution >= 4 is 5.91 Å². The summed E-state index contributed by atoms with van der Waals surface area (Å²) in [7, 11) is 0. The molecule has 5 heteroatoms. The molecule has 2 aromatic rings. The first-order valence-corrected chi connectivity index (χ1v) is 7.08. The number of likely N-dealkylation sites (tertiary alicyclic amines) is 1. The van der Waals surface area contributed by atoms with Crippen molar-refractivity contribution in [2.45, 2.75) is 25.3 Å². The molecule has 102 valence electrons. The van der Waals surface area contributed by atoms with Crippen LogP contribution in [0.1, 0.15) is 29.6 Å². The molecule has 2 bridgehead atoms. The Bertz CT molecular complexity index is 636. The Morgan fingerprint density at radius 3 is 2.95 bits per heavy atom. The number of nitrogens with zero attached hydrogens (tertiary/aromatic N) is 4. The van der Waals surface area contributed by atoms with Gasteiger partial charge >= 0.3 is 0 Å². The van der Waals surface area contributed by atoms with Crippen LogP contribution in [0.5, 0.6) is 0 Å². The zero-order valence-corrected chi connectivity index (χ0v) is 11.1. The van der Waals surface area contributed by atoms with Gasteiger partial charge in [-0.25, -0.2) is 9.67 Å². The number of carbonyl (C=O) groups is 1. The van der Waals surface area contributed by atoms with Crippen molar-refractivity contribution in [2.75, 3.05) is 6.54 Å². The standard InChI is InChI=1S/C15H16N4O/c20-15(18-9-11-4-5-13(18)7-11)12-8-17-19(10-12)14-3-1-2-6-16-14/h1-3,6,8,10-11,13H,4-5,7,9H2. The number of aromatic nitrogens is 3. The lowest BCUT2D eigenvalue weighted by Crippen LogP contribution is -2.37. The molecule has 2 unspecified atom stereocenters. The van der Waals surface area contributed by atoms with Crippen molar-refractivity contribution in [2.24, 2.45) is 5.92 Å². The summed E-state index contributed by atoms with van der Waals surface area (Å²) in [5.74, 6) is 1.56. The average Bonchev–Trinajstić information content (AvgIpc) is 3.23. The highest BCUT2D eigenvalue weighted by atomic mass is 16.2. The van der Waals surface area contributed by atoms with E-state index in [0.29, 0.717) is 11.6 Å². The SMILES string of the molecule is O=C(c1cnn(-c2ccccn2)c1)N1CC2CCC1C2. The Kier molecular flexibility index (Phi) is 2.58. The van der Waals surface area contributed by atoms with Crippen LogP contribution in [0.15, 0.2) is 36.8 Å². The molecular weight excluding hydrogens is 252 g/mol. The highest BCUT2D eigenvalue weighted by molar-refractivity contribution is 5.94. The van der Waals surface area contributed by atoms with Crippen molar-refractivity contribution in [3.8, 4) is 5.82 Å². The van der Waals surface area contributed by atoms with E-state index < -0.39 is 0 Å². The monoisotopic (exact) mass is 268 g/mol. The first-order chi connectivity index (χ1) is 9.81. The van der Waals surface area contributed by atoms with Gasteiger partial charge in [0, 0.05) is 25.0 Å². The lowest BCUT2D eigenvalue weighted by atomic mass is 10.1. The second kappa shape index (κ2) is 4.44. The summed E-state index contributed by atoms with van der Waals surface area (Å²) < 4.78 is 1.65. The highest BCUT2D eigenvalue weighted by Gasteiger charge is 2.40. The second-order valence-electron chi connectivity index (χ2n) is 5.65. The van der Waals surface area contributed by atoms with E-state index in [2.05, 4.69) is 10.1 Å². The maximum absolute atomic E-state index is 12.5. The van der Waals surface area contributed by atoms with Crippen LogP contribution in [0.2, 0.25) is 0 Å². The van der Waals surface area contributed by atoms with E-state index in [0.717, 1.165) is 24.7 Å². The molecule has 5 nitrogen and oxygen atoms in total. The van der Waals surface area contributed by atoms with Gasteiger partial charge in [-0.15, -0.1) is 0 Å². The molecule has 2 atom stereocenters. The molecule has 2 fully saturated rings. The second-order valence-corrected chi connectivity index (χ2v) is 5.65. The van der Waals surface area contributed by atoms with Crippen LogP contribution in [0.3, 0.4) is 0 Å². The van der Waals surface area contributed by atoms with Crippen molar-refractivity contribution in [3.63, 3.8) is 0 Å². The van der Waals surface area contributed by atoms with Crippen LogP contribution in [0, 0.1) is 5.92 Å². The molecule has 0 radical (unpaired) electrons. The number of piperidine rings is 1. The molecule has 1 aliphatic carbocycles. The summed E-state index contributed by atoms with van der Waals surface area (Å²) in [6.07, 6.45) is 8.75. The number of pyridine rings is 1. The maximum atomic E-state index is 12.5. The predicted molar refractivity (Wildman–Crippen MR) is 73.5 cm³/mol. The summed E-state index contributed by atoms with van der Waals surface area (Å²) in [4.78, 5) is 18.8. The Morgan fingerprint density at radius 1 is 1.30 bits per heavy atom. The molecule has 1 amide bonds. The van der Waals surface area contributed by atoms with Crippen LogP contribution < -0.4 is 0 Å². The quantitative estimate of drug-likeness (QED) is 0.835. The topological polar surface area (TPSA) is 51.0 Å². The van der Waals surface area contributed by atoms with Gasteiger partial charge in [0.15, 0.2) is 5.82 Å². The Labute approximate surface area is 117 Å². The number of fused-ring (bicyclic) bond motifs is 2. The van der Waals surface area contributed by atoms with Crippen LogP contribution in [0.4, 0.5) is 0 Å². The van der Waals surface area contributed by atoms with Crippen molar-refractivity contribution < 1.29 is 4.79 Å². The highest BCUT2D eigenvalue weighted by Crippen LogP contribution is 2.38. The normalized spacial score (nSPS) is 24.3. The van der Waals surface area contributed by atoms with Gasteiger partial charge in [-0.1, -0.05) is 6.07 Å². The van der Waals surface area contributed by atoms with E-state index in [9.17, 15) is 4.79 Å². The fraction of sp³-hybridized carbons (Fsp3) is 0.400. The molecule has 3 heterocycles. The van der Waals surface area contributed by atoms with Gasteiger partial charge < -0.3 is 4.90 Å². The van der Waals surface area contributed by atoms with Crippen molar-refractivity contribution in [1.82, 2.24) is 19.7 Å². The van der Waals surface area contributed by atoms with Gasteiger partial charge in [-0.2, -0.15) is 5.10 Å². The summed E-state index contributed by atoms with van der Waals surface area (Å²) in [5.41, 5.74) is 0.656. The molecule has 1 saturated heterocycles. The molecule has 1 saturated carbocycles. The third-order valence-corrected chi connectivity index (χ3v) is 4.38. The van der Waals surface area contributed by atoms with E-state index in [-0.39, 0.29) is 5.91 Å². The first kappa shape index (κ1) is 11.6. The largest absolute Gasteiger partial charge is 0.335 e. The Hall–Kier alpha value is -2.17. The molecule has 1 aliphatic heterocycles. The number of hydrogen-bond acceptors (Lipinski definition) is 3. The first-order valence-electron chi connectivity index (χ1n) is 7.08. The zero-order valence-electron chi connectivity index (χ0n) is 11.1. The van der Waals surface area contributed by atoms with Gasteiger partial charge in [-0.3, -0.25) is 4.79 Å². The number of amides is 1. The number of carbonyl (C=O) groups excluding carboxylic acids is 1. The molecule has 2 aliphatic rings. The molecule has 2 aromatic heterocycles. The van der Waals surface area contributed by atoms with Crippen LogP contribution in [-0.4, -0.2) is 38.2 Å². The van der Waals surface area contributed by atoms with Crippen molar-refractivity contribution in [3.05, 3.63) is 42.4 Å². The fourth-order valence-corrected chi connectivity index (χ4v) is 3.39. The van der Waals surface area contributed by atoms with E-state index in [1.54, 1.807) is 23.3 Å². The molecule has 0 spiro atoms. The lowest BCUT2D eigenvalue weighted by Gasteiger charge is -2.26. The van der Waals surface area contributed by atoms with Gasteiger partial charge in [0.25, 0.3) is 5.91 Å². The van der Waals surface area contributed by atoms with E-state index in [4.69, 9.17) is 0 Å². The third-order valence-electron chi connectivity index (χ3n) is 4.38. The van der Waals surface area contributed by atoms with E-state index in [1.165, 1.54) is 12.8 Å². The lowest BCUT2D eigenvalue weighted by molar-refractivity contribution is 0.0703. The smallest absolute Gasteiger partial charge is 0.257 e. The third kappa shape index (κ3) is 1.81. The summed E-state index contributed by atoms with van der Waals surface area (Å²) in [6, 6.07) is 6.09. The zero-order chi connectivity index (χ0) is 13.5. The average molecular weight is 268 g/mol. The van der Waals surface area contributed by atoms with Crippen LogP contribution in [0.25, 0.3) is 5.82 Å². The van der Waals surface area contributed by atoms with Gasteiger partial charge in [0.2, 0.25) is 0 Å². The minimum absolute atomic E-state index is 0.111. The summed E-state index contributed by atoms with van der Waals surface area (Å²) in [5, 5.41) is 4.25. The molecule has 20 heavy (non-hydrogen) atoms. The molecule has 0 N–H and O–H groups in total. The van der Waals surface area contributed by atoms with Gasteiger partial charge in [0.1, 0.15) is 0 Å². The van der Waals surface area contributed by atoms with Gasteiger partial charge in [-0.05, 0) is 37.3 Å². The number of rotatable bonds is 2. The fourth-order valence-electron chi connectivity index (χ4n) is 3.39. The number of hydrogen-bond donors (Lipinski definition) is 0. The van der Waals surface area contributed by atoms with E-state index >= 15 is 0 Å². The molecule has 4 rings (SSSR count). The van der Waals surface area contributed by atoms with Gasteiger partial charge in [0.05, 0.1) is 11.8 Å². The Morgan fingerprint density at radius 2 is 2.25 bits per heavy atom. The minimum atomic E-state index is 0.111. The Balaban J connectivity index is 1.58. The predicted octanol–water partition coefficient (Wildman–Crippen LogP) is 1.89. The summed E-state index contributed by atoms with van der Waals surface area (Å²) in [6.45, 7) is 0.915. The van der Waals surface area contributed by atoms with E-state index in [1.807, 2.05) is 23.1 Å². The molecule has 0 aromatic carbocycles. The minimum Gasteiger partial charge on any atom is -0.335 e. The maximum Gasteiger partial charge on any atom is 0.257 e. The van der Waals surface area contributed by atoms with Crippen LogP contribution in [-0.2, 0) is 0 Å². The summed E-state index contributed by atoms with van der Waals surface area (Å²) >= 11 is 0. The molecular formula is C15H16N4O. The van der Waals surface area contributed by atoms with Crippen LogP contribution >= 0.6 is 0 Å². The van der Waals surface area contributed by atoms with Crippen molar-refractivity contribution in [1.29, 1.82) is 0 Å².